The van der Waals surface area contributed by atoms with E-state index >= 15 is 0 Å². The van der Waals surface area contributed by atoms with Gasteiger partial charge in [0.25, 0.3) is 11.8 Å². The first-order chi connectivity index (χ1) is 17.0. The minimum absolute atomic E-state index is 0.315. The number of ether oxygens (including phenoxy) is 2. The molecule has 0 fully saturated rings. The van der Waals surface area contributed by atoms with Crippen LogP contribution in [0.25, 0.3) is 0 Å². The summed E-state index contributed by atoms with van der Waals surface area (Å²) in [6.07, 6.45) is 0. The third kappa shape index (κ3) is 6.19. The lowest BCUT2D eigenvalue weighted by Crippen LogP contribution is -2.18. The fraction of sp³-hybridized carbons (Fsp3) is 0.0714. The summed E-state index contributed by atoms with van der Waals surface area (Å²) in [5, 5.41) is 6.11. The SMILES string of the molecule is COc1cc(C(=O)Nc2ccccc2C(=O)Nc2cccc(Cl)c2)ccc1OCc1ccccc1. The number of amides is 2. The third-order valence-electron chi connectivity index (χ3n) is 5.17. The Bertz CT molecular complexity index is 1340. The van der Waals surface area contributed by atoms with Crippen LogP contribution in [0, 0.1) is 0 Å². The molecule has 0 spiro atoms. The Morgan fingerprint density at radius 3 is 2.31 bits per heavy atom. The molecule has 0 radical (unpaired) electrons. The Labute approximate surface area is 208 Å². The molecule has 4 aromatic carbocycles. The van der Waals surface area contributed by atoms with Gasteiger partial charge >= 0.3 is 0 Å². The Balaban J connectivity index is 1.48. The number of para-hydroxylation sites is 1. The zero-order valence-corrected chi connectivity index (χ0v) is 19.7. The number of hydrogen-bond donors (Lipinski definition) is 2. The van der Waals surface area contributed by atoms with E-state index in [0.717, 1.165) is 5.56 Å². The molecule has 0 atom stereocenters. The molecule has 0 saturated carbocycles. The van der Waals surface area contributed by atoms with E-state index in [1.165, 1.54) is 7.11 Å². The summed E-state index contributed by atoms with van der Waals surface area (Å²) in [7, 11) is 1.52. The summed E-state index contributed by atoms with van der Waals surface area (Å²) in [6, 6.07) is 28.3. The van der Waals surface area contributed by atoms with Crippen LogP contribution in [0.5, 0.6) is 11.5 Å². The second kappa shape index (κ2) is 11.2. The lowest BCUT2D eigenvalue weighted by molar-refractivity contribution is 0.102. The van der Waals surface area contributed by atoms with Crippen LogP contribution in [0.1, 0.15) is 26.3 Å². The van der Waals surface area contributed by atoms with E-state index in [1.54, 1.807) is 66.7 Å². The Hall–Kier alpha value is -4.29. The van der Waals surface area contributed by atoms with Crippen molar-refractivity contribution < 1.29 is 19.1 Å². The molecular weight excluding hydrogens is 464 g/mol. The maximum atomic E-state index is 13.0. The molecule has 0 bridgehead atoms. The first-order valence-corrected chi connectivity index (χ1v) is 11.2. The largest absolute Gasteiger partial charge is 0.493 e. The van der Waals surface area contributed by atoms with Crippen molar-refractivity contribution in [2.24, 2.45) is 0 Å². The number of hydrogen-bond acceptors (Lipinski definition) is 4. The second-order valence-electron chi connectivity index (χ2n) is 7.60. The van der Waals surface area contributed by atoms with Crippen molar-refractivity contribution in [2.45, 2.75) is 6.61 Å². The van der Waals surface area contributed by atoms with Crippen LogP contribution >= 0.6 is 11.6 Å². The zero-order chi connectivity index (χ0) is 24.6. The van der Waals surface area contributed by atoms with Gasteiger partial charge in [-0.2, -0.15) is 0 Å². The predicted octanol–water partition coefficient (Wildman–Crippen LogP) is 6.43. The van der Waals surface area contributed by atoms with E-state index in [1.807, 2.05) is 30.3 Å². The maximum Gasteiger partial charge on any atom is 0.257 e. The molecule has 0 unspecified atom stereocenters. The number of halogens is 1. The number of carbonyl (C=O) groups excluding carboxylic acids is 2. The van der Waals surface area contributed by atoms with Gasteiger partial charge in [-0.25, -0.2) is 0 Å². The van der Waals surface area contributed by atoms with Crippen molar-refractivity contribution >= 4 is 34.8 Å². The fourth-order valence-corrected chi connectivity index (χ4v) is 3.60. The van der Waals surface area contributed by atoms with E-state index in [-0.39, 0.29) is 11.8 Å². The van der Waals surface area contributed by atoms with Crippen LogP contribution in [0.2, 0.25) is 5.02 Å². The summed E-state index contributed by atoms with van der Waals surface area (Å²) in [6.45, 7) is 0.373. The maximum absolute atomic E-state index is 13.0. The zero-order valence-electron chi connectivity index (χ0n) is 19.0. The Morgan fingerprint density at radius 2 is 1.54 bits per heavy atom. The number of anilines is 2. The van der Waals surface area contributed by atoms with Crippen molar-refractivity contribution in [1.82, 2.24) is 0 Å². The number of methoxy groups -OCH3 is 1. The summed E-state index contributed by atoms with van der Waals surface area (Å²) in [5.41, 5.74) is 2.62. The molecule has 0 aliphatic carbocycles. The highest BCUT2D eigenvalue weighted by Gasteiger charge is 2.16. The van der Waals surface area contributed by atoms with Crippen molar-refractivity contribution in [2.75, 3.05) is 17.7 Å². The van der Waals surface area contributed by atoms with E-state index in [4.69, 9.17) is 21.1 Å². The van der Waals surface area contributed by atoms with Gasteiger partial charge in [0.1, 0.15) is 6.61 Å². The van der Waals surface area contributed by atoms with E-state index in [9.17, 15) is 9.59 Å². The molecule has 7 heteroatoms. The molecule has 4 aromatic rings. The number of nitrogens with one attached hydrogen (secondary N) is 2. The molecule has 0 aromatic heterocycles. The highest BCUT2D eigenvalue weighted by atomic mass is 35.5. The van der Waals surface area contributed by atoms with Gasteiger partial charge in [0.05, 0.1) is 18.4 Å². The highest BCUT2D eigenvalue weighted by molar-refractivity contribution is 6.31. The Kier molecular flexibility index (Phi) is 7.65. The monoisotopic (exact) mass is 486 g/mol. The number of benzene rings is 4. The minimum Gasteiger partial charge on any atom is -0.493 e. The number of carbonyl (C=O) groups is 2. The molecule has 0 saturated heterocycles. The van der Waals surface area contributed by atoms with Crippen molar-refractivity contribution in [3.8, 4) is 11.5 Å². The van der Waals surface area contributed by atoms with Gasteiger partial charge in [0.2, 0.25) is 0 Å². The van der Waals surface area contributed by atoms with Crippen LogP contribution < -0.4 is 20.1 Å². The predicted molar refractivity (Wildman–Crippen MR) is 138 cm³/mol. The van der Waals surface area contributed by atoms with Crippen molar-refractivity contribution in [1.29, 1.82) is 0 Å². The molecule has 2 N–H and O–H groups in total. The summed E-state index contributed by atoms with van der Waals surface area (Å²) >= 11 is 6.00. The van der Waals surface area contributed by atoms with E-state index in [0.29, 0.717) is 45.6 Å². The lowest BCUT2D eigenvalue weighted by Gasteiger charge is -2.14. The summed E-state index contributed by atoms with van der Waals surface area (Å²) in [5.74, 6) is 0.195. The van der Waals surface area contributed by atoms with Gasteiger partial charge in [-0.3, -0.25) is 9.59 Å². The van der Waals surface area contributed by atoms with Crippen LogP contribution in [-0.4, -0.2) is 18.9 Å². The highest BCUT2D eigenvalue weighted by Crippen LogP contribution is 2.29. The van der Waals surface area contributed by atoms with Gasteiger partial charge in [0.15, 0.2) is 11.5 Å². The molecule has 0 aliphatic rings. The smallest absolute Gasteiger partial charge is 0.257 e. The van der Waals surface area contributed by atoms with Crippen molar-refractivity contribution in [3.63, 3.8) is 0 Å². The molecule has 176 valence electrons. The molecule has 0 heterocycles. The van der Waals surface area contributed by atoms with Gasteiger partial charge in [-0.05, 0) is 54.1 Å². The van der Waals surface area contributed by atoms with Crippen LogP contribution in [-0.2, 0) is 6.61 Å². The lowest BCUT2D eigenvalue weighted by atomic mass is 10.1. The quantitative estimate of drug-likeness (QED) is 0.301. The molecule has 2 amide bonds. The van der Waals surface area contributed by atoms with Gasteiger partial charge < -0.3 is 20.1 Å². The standard InChI is InChI=1S/C28H23ClN2O4/c1-34-26-16-20(14-15-25(26)35-18-19-8-3-2-4-9-19)27(32)31-24-13-6-5-12-23(24)28(33)30-22-11-7-10-21(29)17-22/h2-17H,18H2,1H3,(H,30,33)(H,31,32). The van der Waals surface area contributed by atoms with Gasteiger partial charge in [0, 0.05) is 16.3 Å². The van der Waals surface area contributed by atoms with Crippen LogP contribution in [0.4, 0.5) is 11.4 Å². The normalized spacial score (nSPS) is 10.3. The van der Waals surface area contributed by atoms with E-state index < -0.39 is 0 Å². The molecular formula is C28H23ClN2O4. The first kappa shape index (κ1) is 23.9. The minimum atomic E-state index is -0.388. The molecule has 35 heavy (non-hydrogen) atoms. The summed E-state index contributed by atoms with van der Waals surface area (Å²) in [4.78, 5) is 25.9. The third-order valence-corrected chi connectivity index (χ3v) is 5.40. The van der Waals surface area contributed by atoms with Gasteiger partial charge in [-0.1, -0.05) is 60.1 Å². The van der Waals surface area contributed by atoms with Crippen LogP contribution in [0.3, 0.4) is 0 Å². The van der Waals surface area contributed by atoms with Crippen molar-refractivity contribution in [3.05, 3.63) is 119 Å². The number of rotatable bonds is 8. The fourth-order valence-electron chi connectivity index (χ4n) is 3.41. The average molecular weight is 487 g/mol. The topological polar surface area (TPSA) is 76.7 Å². The molecule has 4 rings (SSSR count). The first-order valence-electron chi connectivity index (χ1n) is 10.9. The second-order valence-corrected chi connectivity index (χ2v) is 8.04. The van der Waals surface area contributed by atoms with Crippen LogP contribution in [0.15, 0.2) is 97.1 Å². The van der Waals surface area contributed by atoms with E-state index in [2.05, 4.69) is 10.6 Å². The molecule has 6 nitrogen and oxygen atoms in total. The molecule has 0 aliphatic heterocycles. The summed E-state index contributed by atoms with van der Waals surface area (Å²) < 4.78 is 11.3. The Morgan fingerprint density at radius 1 is 0.771 bits per heavy atom. The van der Waals surface area contributed by atoms with Gasteiger partial charge in [-0.15, -0.1) is 0 Å². The average Bonchev–Trinajstić information content (AvgIpc) is 2.88.